The molecule has 10 heteroatoms. The minimum absolute atomic E-state index is 0.127. The molecule has 1 saturated heterocycles. The zero-order chi connectivity index (χ0) is 22.1. The predicted molar refractivity (Wildman–Crippen MR) is 119 cm³/mol. The monoisotopic (exact) mass is 456 g/mol. The number of anilines is 1. The average molecular weight is 456 g/mol. The van der Waals surface area contributed by atoms with Gasteiger partial charge in [-0.2, -0.15) is 5.10 Å². The van der Waals surface area contributed by atoms with Crippen molar-refractivity contribution >= 4 is 27.6 Å². The van der Waals surface area contributed by atoms with Crippen molar-refractivity contribution in [3.05, 3.63) is 48.3 Å². The third kappa shape index (κ3) is 3.87. The van der Waals surface area contributed by atoms with Gasteiger partial charge in [0.05, 0.1) is 12.1 Å². The van der Waals surface area contributed by atoms with Gasteiger partial charge in [-0.3, -0.25) is 9.40 Å². The Bertz CT molecular complexity index is 1270. The second-order valence-corrected chi connectivity index (χ2v) is 8.84. The number of ether oxygens (including phenoxy) is 2. The molecule has 1 fully saturated rings. The molecule has 1 atom stereocenters. The third-order valence-electron chi connectivity index (χ3n) is 5.28. The number of hydrogen-bond acceptors (Lipinski definition) is 6. The number of halogens is 1. The van der Waals surface area contributed by atoms with Gasteiger partial charge in [0.25, 0.3) is 0 Å². The van der Waals surface area contributed by atoms with Gasteiger partial charge in [0.2, 0.25) is 0 Å². The van der Waals surface area contributed by atoms with Crippen LogP contribution in [0.5, 0.6) is 5.75 Å². The highest BCUT2D eigenvalue weighted by Gasteiger charge is 2.21. The number of nitrogens with one attached hydrogen (secondary N) is 1. The topological polar surface area (TPSA) is 93.5 Å². The molecule has 1 N–H and O–H groups in total. The maximum absolute atomic E-state index is 14.5. The van der Waals surface area contributed by atoms with Crippen molar-refractivity contribution in [3.63, 3.8) is 0 Å². The van der Waals surface area contributed by atoms with E-state index in [0.29, 0.717) is 40.4 Å². The number of rotatable bonds is 7. The predicted octanol–water partition coefficient (Wildman–Crippen LogP) is 3.92. The smallest absolute Gasteiger partial charge is 0.188 e. The van der Waals surface area contributed by atoms with Crippen LogP contribution in [0.25, 0.3) is 33.6 Å². The van der Waals surface area contributed by atoms with E-state index in [1.54, 1.807) is 19.2 Å². The van der Waals surface area contributed by atoms with E-state index >= 15 is 0 Å². The Morgan fingerprint density at radius 3 is 2.81 bits per heavy atom. The summed E-state index contributed by atoms with van der Waals surface area (Å²) < 4.78 is 44.3. The van der Waals surface area contributed by atoms with Crippen LogP contribution in [0.4, 0.5) is 10.1 Å². The van der Waals surface area contributed by atoms with Crippen LogP contribution < -0.4 is 9.04 Å². The van der Waals surface area contributed by atoms with Gasteiger partial charge in [0.1, 0.15) is 29.0 Å². The minimum atomic E-state index is -0.957. The van der Waals surface area contributed by atoms with Crippen molar-refractivity contribution in [2.75, 3.05) is 36.9 Å². The summed E-state index contributed by atoms with van der Waals surface area (Å²) in [6.45, 7) is 1.41. The fourth-order valence-corrected chi connectivity index (χ4v) is 4.95. The highest BCUT2D eigenvalue weighted by atomic mass is 32.2. The molecule has 5 rings (SSSR count). The van der Waals surface area contributed by atoms with Crippen molar-refractivity contribution in [3.8, 4) is 28.5 Å². The molecule has 1 aliphatic heterocycles. The van der Waals surface area contributed by atoms with Crippen molar-refractivity contribution < 1.29 is 22.6 Å². The van der Waals surface area contributed by atoms with Gasteiger partial charge in [-0.05, 0) is 24.6 Å². The van der Waals surface area contributed by atoms with Crippen LogP contribution in [-0.4, -0.2) is 52.2 Å². The molecule has 0 amide bonds. The SMILES string of the molecule is COCCOc1cc2[nH]nc(-c3cc(-c4ccc(N5CCCS5=O)cc4)no3)c2cc1F. The molecule has 32 heavy (non-hydrogen) atoms. The first-order valence-corrected chi connectivity index (χ1v) is 11.4. The average Bonchev–Trinajstić information content (AvgIpc) is 3.54. The quantitative estimate of drug-likeness (QED) is 0.424. The van der Waals surface area contributed by atoms with E-state index in [2.05, 4.69) is 15.4 Å². The largest absolute Gasteiger partial charge is 0.488 e. The molecule has 8 nitrogen and oxygen atoms in total. The third-order valence-corrected chi connectivity index (χ3v) is 6.80. The minimum Gasteiger partial charge on any atom is -0.488 e. The second-order valence-electron chi connectivity index (χ2n) is 7.35. The summed E-state index contributed by atoms with van der Waals surface area (Å²) in [5.74, 6) is 0.754. The molecule has 4 aromatic rings. The first kappa shape index (κ1) is 20.7. The lowest BCUT2D eigenvalue weighted by Crippen LogP contribution is -2.19. The van der Waals surface area contributed by atoms with E-state index in [1.165, 1.54) is 6.07 Å². The zero-order valence-corrected chi connectivity index (χ0v) is 18.2. The van der Waals surface area contributed by atoms with Crippen LogP contribution in [0.2, 0.25) is 0 Å². The molecule has 0 radical (unpaired) electrons. The van der Waals surface area contributed by atoms with Gasteiger partial charge in [0, 0.05) is 48.2 Å². The van der Waals surface area contributed by atoms with Gasteiger partial charge in [-0.25, -0.2) is 8.60 Å². The summed E-state index contributed by atoms with van der Waals surface area (Å²) in [5.41, 5.74) is 3.49. The number of fused-ring (bicyclic) bond motifs is 1. The molecule has 0 bridgehead atoms. The van der Waals surface area contributed by atoms with Crippen molar-refractivity contribution in [2.45, 2.75) is 6.42 Å². The molecule has 2 aromatic carbocycles. The Morgan fingerprint density at radius 1 is 1.22 bits per heavy atom. The molecule has 1 aliphatic rings. The van der Waals surface area contributed by atoms with E-state index in [4.69, 9.17) is 14.0 Å². The van der Waals surface area contributed by atoms with Crippen LogP contribution in [-0.2, 0) is 15.7 Å². The summed E-state index contributed by atoms with van der Waals surface area (Å²) in [6.07, 6.45) is 0.931. The summed E-state index contributed by atoms with van der Waals surface area (Å²) in [5, 5.41) is 11.9. The Balaban J connectivity index is 1.39. The number of benzene rings is 2. The van der Waals surface area contributed by atoms with Crippen LogP contribution in [0, 0.1) is 5.82 Å². The van der Waals surface area contributed by atoms with Crippen LogP contribution in [0.15, 0.2) is 47.0 Å². The second kappa shape index (κ2) is 8.71. The lowest BCUT2D eigenvalue weighted by Gasteiger charge is -2.15. The first-order valence-electron chi connectivity index (χ1n) is 10.2. The number of hydrogen-bond donors (Lipinski definition) is 1. The molecule has 2 aromatic heterocycles. The number of aromatic amines is 1. The Labute approximate surface area is 185 Å². The summed E-state index contributed by atoms with van der Waals surface area (Å²) in [6, 6.07) is 12.4. The molecule has 0 saturated carbocycles. The maximum atomic E-state index is 14.5. The standard InChI is InChI=1S/C22H21FN4O4S/c1-29-8-9-30-20-13-19-16(11-17(20)23)22(25-24-19)21-12-18(26-31-21)14-3-5-15(6-4-14)27-7-2-10-32(27)28/h3-6,11-13H,2,7-10H2,1H3,(H,24,25). The highest BCUT2D eigenvalue weighted by Crippen LogP contribution is 2.33. The number of nitrogens with zero attached hydrogens (tertiary/aromatic N) is 3. The lowest BCUT2D eigenvalue weighted by molar-refractivity contribution is 0.144. The highest BCUT2D eigenvalue weighted by molar-refractivity contribution is 7.86. The van der Waals surface area contributed by atoms with Gasteiger partial charge < -0.3 is 14.0 Å². The summed E-state index contributed by atoms with van der Waals surface area (Å²) in [7, 11) is 0.598. The van der Waals surface area contributed by atoms with Gasteiger partial charge in [0.15, 0.2) is 17.3 Å². The Hall–Kier alpha value is -3.24. The summed E-state index contributed by atoms with van der Waals surface area (Å²) in [4.78, 5) is 0. The molecule has 0 spiro atoms. The number of aromatic nitrogens is 3. The molecule has 166 valence electrons. The van der Waals surface area contributed by atoms with Gasteiger partial charge >= 0.3 is 0 Å². The van der Waals surface area contributed by atoms with E-state index in [-0.39, 0.29) is 12.4 Å². The molecular formula is C22H21FN4O4S. The fourth-order valence-electron chi connectivity index (χ4n) is 3.66. The van der Waals surface area contributed by atoms with Crippen molar-refractivity contribution in [1.82, 2.24) is 15.4 Å². The lowest BCUT2D eigenvalue weighted by atomic mass is 10.1. The van der Waals surface area contributed by atoms with Crippen molar-refractivity contribution in [2.24, 2.45) is 0 Å². The number of methoxy groups -OCH3 is 1. The molecule has 0 aliphatic carbocycles. The van der Waals surface area contributed by atoms with Crippen molar-refractivity contribution in [1.29, 1.82) is 0 Å². The van der Waals surface area contributed by atoms with Crippen LogP contribution in [0.1, 0.15) is 6.42 Å². The van der Waals surface area contributed by atoms with E-state index in [0.717, 1.165) is 24.2 Å². The van der Waals surface area contributed by atoms with Crippen LogP contribution >= 0.6 is 0 Å². The van der Waals surface area contributed by atoms with E-state index < -0.39 is 16.8 Å². The van der Waals surface area contributed by atoms with Crippen LogP contribution in [0.3, 0.4) is 0 Å². The number of H-pyrrole nitrogens is 1. The fraction of sp³-hybridized carbons (Fsp3) is 0.273. The summed E-state index contributed by atoms with van der Waals surface area (Å²) >= 11 is 0. The molecular weight excluding hydrogens is 435 g/mol. The molecule has 3 heterocycles. The maximum Gasteiger partial charge on any atom is 0.188 e. The Morgan fingerprint density at radius 2 is 2.06 bits per heavy atom. The van der Waals surface area contributed by atoms with E-state index in [9.17, 15) is 8.60 Å². The Kier molecular flexibility index (Phi) is 5.62. The van der Waals surface area contributed by atoms with Gasteiger partial charge in [-0.1, -0.05) is 17.3 Å². The van der Waals surface area contributed by atoms with Gasteiger partial charge in [-0.15, -0.1) is 0 Å². The zero-order valence-electron chi connectivity index (χ0n) is 17.3. The first-order chi connectivity index (χ1) is 15.6. The normalized spacial score (nSPS) is 16.2. The van der Waals surface area contributed by atoms with E-state index in [1.807, 2.05) is 28.6 Å². The molecule has 1 unspecified atom stereocenters.